The van der Waals surface area contributed by atoms with Gasteiger partial charge in [-0.3, -0.25) is 9.79 Å². The molecule has 3 heterocycles. The van der Waals surface area contributed by atoms with E-state index >= 15 is 0 Å². The van der Waals surface area contributed by atoms with Gasteiger partial charge in [0.1, 0.15) is 5.82 Å². The van der Waals surface area contributed by atoms with Crippen LogP contribution in [0.3, 0.4) is 0 Å². The minimum Gasteiger partial charge on any atom is -0.333 e. The molecule has 1 atom stereocenters. The SMILES string of the molecule is C.CC1CNCCN1C(=O)c1ccc(Nc2ncc3c(n2)-c2ccc(Cl)cc2C(c2ccccc2F)=NC3)cc1. The second-order valence-corrected chi connectivity index (χ2v) is 10.1. The third-order valence-corrected chi connectivity index (χ3v) is 7.28. The summed E-state index contributed by atoms with van der Waals surface area (Å²) in [5, 5.41) is 7.08. The van der Waals surface area contributed by atoms with Crippen LogP contribution in [-0.4, -0.2) is 52.2 Å². The first-order valence-corrected chi connectivity index (χ1v) is 13.2. The standard InChI is InChI=1S/C30H26ClFN6O.CH4/c1-18-15-33-12-13-38(18)29(39)19-6-9-22(10-7-19)36-30-35-17-20-16-34-28(24-4-2-3-5-26(24)32)25-14-21(31)8-11-23(25)27(20)37-30;/h2-11,14,17-18,33H,12-13,15-16H2,1H3,(H,35,36,37);1H4. The van der Waals surface area contributed by atoms with Gasteiger partial charge >= 0.3 is 0 Å². The average molecular weight is 557 g/mol. The number of nitrogens with zero attached hydrogens (tertiary/aromatic N) is 4. The van der Waals surface area contributed by atoms with Crippen molar-refractivity contribution < 1.29 is 9.18 Å². The molecule has 1 saturated heterocycles. The Hall–Kier alpha value is -4.14. The lowest BCUT2D eigenvalue weighted by Crippen LogP contribution is -2.52. The first-order valence-electron chi connectivity index (χ1n) is 12.8. The molecule has 0 aliphatic carbocycles. The van der Waals surface area contributed by atoms with E-state index in [1.807, 2.05) is 42.2 Å². The molecule has 9 heteroatoms. The molecule has 1 aromatic heterocycles. The molecular formula is C31H30ClFN6O. The molecule has 3 aromatic carbocycles. The van der Waals surface area contributed by atoms with Crippen molar-refractivity contribution in [2.24, 2.45) is 4.99 Å². The number of benzene rings is 3. The second-order valence-electron chi connectivity index (χ2n) is 9.66. The molecule has 0 radical (unpaired) electrons. The van der Waals surface area contributed by atoms with Crippen LogP contribution in [0.5, 0.6) is 0 Å². The van der Waals surface area contributed by atoms with E-state index in [0.29, 0.717) is 52.2 Å². The van der Waals surface area contributed by atoms with Crippen molar-refractivity contribution in [3.05, 3.63) is 106 Å². The highest BCUT2D eigenvalue weighted by molar-refractivity contribution is 6.31. The zero-order valence-electron chi connectivity index (χ0n) is 21.3. The molecule has 4 aromatic rings. The molecule has 1 unspecified atom stereocenters. The van der Waals surface area contributed by atoms with Gasteiger partial charge in [-0.1, -0.05) is 37.2 Å². The fourth-order valence-electron chi connectivity index (χ4n) is 5.00. The Morgan fingerprint density at radius 1 is 1.07 bits per heavy atom. The molecule has 0 bridgehead atoms. The van der Waals surface area contributed by atoms with E-state index in [1.165, 1.54) is 6.07 Å². The summed E-state index contributed by atoms with van der Waals surface area (Å²) in [6.45, 7) is 4.63. The Balaban J connectivity index is 0.00000323. The van der Waals surface area contributed by atoms with Gasteiger partial charge in [0.2, 0.25) is 5.95 Å². The van der Waals surface area contributed by atoms with E-state index in [4.69, 9.17) is 21.6 Å². The molecule has 0 saturated carbocycles. The van der Waals surface area contributed by atoms with Crippen LogP contribution < -0.4 is 10.6 Å². The van der Waals surface area contributed by atoms with Crippen LogP contribution >= 0.6 is 11.6 Å². The van der Waals surface area contributed by atoms with Gasteiger partial charge in [-0.25, -0.2) is 14.4 Å². The molecule has 2 aliphatic heterocycles. The molecule has 1 amide bonds. The third-order valence-electron chi connectivity index (χ3n) is 7.04. The van der Waals surface area contributed by atoms with Crippen molar-refractivity contribution in [3.63, 3.8) is 0 Å². The molecule has 0 spiro atoms. The smallest absolute Gasteiger partial charge is 0.254 e. The van der Waals surface area contributed by atoms with Crippen molar-refractivity contribution in [3.8, 4) is 11.3 Å². The third kappa shape index (κ3) is 5.33. The van der Waals surface area contributed by atoms with Crippen LogP contribution in [0.2, 0.25) is 5.02 Å². The van der Waals surface area contributed by atoms with E-state index in [-0.39, 0.29) is 25.2 Å². The molecule has 2 aliphatic rings. The predicted molar refractivity (Wildman–Crippen MR) is 158 cm³/mol. The summed E-state index contributed by atoms with van der Waals surface area (Å²) in [5.41, 5.74) is 5.36. The lowest BCUT2D eigenvalue weighted by molar-refractivity contribution is 0.0656. The first-order chi connectivity index (χ1) is 19.0. The lowest BCUT2D eigenvalue weighted by atomic mass is 9.95. The lowest BCUT2D eigenvalue weighted by Gasteiger charge is -2.34. The normalized spacial score (nSPS) is 16.1. The Kier molecular flexibility index (Phi) is 7.91. The number of piperazine rings is 1. The quantitative estimate of drug-likeness (QED) is 0.317. The van der Waals surface area contributed by atoms with E-state index < -0.39 is 0 Å². The molecule has 40 heavy (non-hydrogen) atoms. The number of anilines is 2. The van der Waals surface area contributed by atoms with E-state index in [1.54, 1.807) is 36.5 Å². The highest BCUT2D eigenvalue weighted by atomic mass is 35.5. The largest absolute Gasteiger partial charge is 0.333 e. The van der Waals surface area contributed by atoms with Gasteiger partial charge in [-0.2, -0.15) is 0 Å². The molecule has 1 fully saturated rings. The van der Waals surface area contributed by atoms with E-state index in [9.17, 15) is 9.18 Å². The number of carbonyl (C=O) groups excluding carboxylic acids is 1. The van der Waals surface area contributed by atoms with Gasteiger partial charge in [0.25, 0.3) is 5.91 Å². The maximum Gasteiger partial charge on any atom is 0.254 e. The highest BCUT2D eigenvalue weighted by Gasteiger charge is 2.25. The summed E-state index contributed by atoms with van der Waals surface area (Å²) in [6.07, 6.45) is 1.74. The minimum absolute atomic E-state index is 0. The molecule has 2 N–H and O–H groups in total. The maximum absolute atomic E-state index is 14.8. The summed E-state index contributed by atoms with van der Waals surface area (Å²) < 4.78 is 14.8. The number of fused-ring (bicyclic) bond motifs is 3. The predicted octanol–water partition coefficient (Wildman–Crippen LogP) is 6.10. The summed E-state index contributed by atoms with van der Waals surface area (Å²) in [6, 6.07) is 19.5. The Morgan fingerprint density at radius 3 is 2.65 bits per heavy atom. The summed E-state index contributed by atoms with van der Waals surface area (Å²) >= 11 is 6.36. The molecule has 6 rings (SSSR count). The van der Waals surface area contributed by atoms with Gasteiger partial charge in [-0.15, -0.1) is 0 Å². The zero-order valence-corrected chi connectivity index (χ0v) is 22.0. The molecular weight excluding hydrogens is 527 g/mol. The second kappa shape index (κ2) is 11.5. The Labute approximate surface area is 238 Å². The van der Waals surface area contributed by atoms with Crippen LogP contribution in [0.25, 0.3) is 11.3 Å². The number of aliphatic imine (C=N–C) groups is 1. The van der Waals surface area contributed by atoms with Gasteiger partial charge < -0.3 is 15.5 Å². The van der Waals surface area contributed by atoms with Gasteiger partial charge in [0.05, 0.1) is 18.0 Å². The van der Waals surface area contributed by atoms with Crippen LogP contribution in [0.4, 0.5) is 16.0 Å². The molecule has 7 nitrogen and oxygen atoms in total. The maximum atomic E-state index is 14.8. The number of hydrogen-bond donors (Lipinski definition) is 2. The van der Waals surface area contributed by atoms with Crippen LogP contribution in [-0.2, 0) is 6.54 Å². The average Bonchev–Trinajstić information content (AvgIpc) is 3.10. The number of rotatable bonds is 4. The van der Waals surface area contributed by atoms with Crippen molar-refractivity contribution in [1.29, 1.82) is 0 Å². The fourth-order valence-corrected chi connectivity index (χ4v) is 5.17. The van der Waals surface area contributed by atoms with Gasteiger partial charge in [-0.05, 0) is 55.5 Å². The summed E-state index contributed by atoms with van der Waals surface area (Å²) in [4.78, 5) is 28.9. The first kappa shape index (κ1) is 27.4. The summed E-state index contributed by atoms with van der Waals surface area (Å²) in [7, 11) is 0. The van der Waals surface area contributed by atoms with Crippen LogP contribution in [0.1, 0.15) is 41.4 Å². The number of carbonyl (C=O) groups is 1. The summed E-state index contributed by atoms with van der Waals surface area (Å²) in [5.74, 6) is 0.0754. The number of amides is 1. The monoisotopic (exact) mass is 556 g/mol. The highest BCUT2D eigenvalue weighted by Crippen LogP contribution is 2.34. The van der Waals surface area contributed by atoms with Crippen molar-refractivity contribution in [1.82, 2.24) is 20.2 Å². The molecule has 204 valence electrons. The van der Waals surface area contributed by atoms with Crippen LogP contribution in [0.15, 0.2) is 77.9 Å². The minimum atomic E-state index is -0.352. The van der Waals surface area contributed by atoms with E-state index in [0.717, 1.165) is 29.9 Å². The van der Waals surface area contributed by atoms with Crippen molar-refractivity contribution in [2.45, 2.75) is 26.9 Å². The zero-order chi connectivity index (χ0) is 26.9. The fraction of sp³-hybridized carbons (Fsp3) is 0.226. The van der Waals surface area contributed by atoms with Crippen molar-refractivity contribution in [2.75, 3.05) is 25.0 Å². The number of halogens is 2. The Bertz CT molecular complexity index is 1590. The number of aromatic nitrogens is 2. The van der Waals surface area contributed by atoms with Gasteiger partial charge in [0.15, 0.2) is 0 Å². The van der Waals surface area contributed by atoms with E-state index in [2.05, 4.69) is 15.6 Å². The van der Waals surface area contributed by atoms with Gasteiger partial charge in [0, 0.05) is 70.4 Å². The van der Waals surface area contributed by atoms with Crippen molar-refractivity contribution >= 4 is 34.9 Å². The van der Waals surface area contributed by atoms with Crippen LogP contribution in [0, 0.1) is 5.82 Å². The number of hydrogen-bond acceptors (Lipinski definition) is 6. The topological polar surface area (TPSA) is 82.5 Å². The number of nitrogens with one attached hydrogen (secondary N) is 2. The Morgan fingerprint density at radius 2 is 1.88 bits per heavy atom.